The molecule has 5 nitrogen and oxygen atoms in total. The van der Waals surface area contributed by atoms with E-state index in [1.165, 1.54) is 0 Å². The molecular formula is C11H16N4O. The van der Waals surface area contributed by atoms with E-state index < -0.39 is 0 Å². The number of nitrogens with zero attached hydrogens (tertiary/aromatic N) is 3. The number of hydrogen-bond acceptors (Lipinski definition) is 3. The van der Waals surface area contributed by atoms with Crippen LogP contribution in [0, 0.1) is 0 Å². The van der Waals surface area contributed by atoms with Crippen molar-refractivity contribution >= 4 is 5.91 Å². The van der Waals surface area contributed by atoms with Crippen molar-refractivity contribution in [2.45, 2.75) is 25.4 Å². The van der Waals surface area contributed by atoms with Crippen LogP contribution in [0.1, 0.15) is 24.7 Å². The van der Waals surface area contributed by atoms with Crippen molar-refractivity contribution in [1.29, 1.82) is 0 Å². The standard InChI is InChI=1S/C11H16N4O/c16-11(15-5-1-2-6-15)9-10-13-4-8-14(10)7-3-12-9/h4,8-9,12H,1-3,5-7H2. The van der Waals surface area contributed by atoms with E-state index in [0.717, 1.165) is 44.8 Å². The molecule has 0 aromatic carbocycles. The predicted octanol–water partition coefficient (Wildman–Crippen LogP) is 0.150. The van der Waals surface area contributed by atoms with Crippen LogP contribution in [0.2, 0.25) is 0 Å². The summed E-state index contributed by atoms with van der Waals surface area (Å²) in [7, 11) is 0. The van der Waals surface area contributed by atoms with Crippen LogP contribution in [0.5, 0.6) is 0 Å². The molecule has 1 aromatic heterocycles. The van der Waals surface area contributed by atoms with Crippen molar-refractivity contribution in [3.8, 4) is 0 Å². The molecule has 0 aliphatic carbocycles. The number of amides is 1. The number of likely N-dealkylation sites (tertiary alicyclic amines) is 1. The first-order valence-corrected chi connectivity index (χ1v) is 5.89. The van der Waals surface area contributed by atoms with E-state index in [4.69, 9.17) is 0 Å². The summed E-state index contributed by atoms with van der Waals surface area (Å²) in [5, 5.41) is 3.26. The largest absolute Gasteiger partial charge is 0.341 e. The van der Waals surface area contributed by atoms with Gasteiger partial charge in [0.25, 0.3) is 0 Å². The van der Waals surface area contributed by atoms with Gasteiger partial charge in [-0.1, -0.05) is 0 Å². The lowest BCUT2D eigenvalue weighted by atomic mass is 10.2. The minimum absolute atomic E-state index is 0.185. The fraction of sp³-hybridized carbons (Fsp3) is 0.636. The SMILES string of the molecule is O=C(C1NCCn2ccnc21)N1CCCC1. The van der Waals surface area contributed by atoms with Gasteiger partial charge in [-0.05, 0) is 12.8 Å². The molecule has 1 fully saturated rings. The van der Waals surface area contributed by atoms with Gasteiger partial charge >= 0.3 is 0 Å². The molecule has 16 heavy (non-hydrogen) atoms. The maximum absolute atomic E-state index is 12.3. The van der Waals surface area contributed by atoms with E-state index in [9.17, 15) is 4.79 Å². The zero-order chi connectivity index (χ0) is 11.0. The third-order valence-electron chi connectivity index (χ3n) is 3.37. The van der Waals surface area contributed by atoms with E-state index in [1.807, 2.05) is 11.1 Å². The molecule has 1 amide bonds. The Morgan fingerprint density at radius 3 is 3.00 bits per heavy atom. The van der Waals surface area contributed by atoms with Gasteiger partial charge in [-0.2, -0.15) is 0 Å². The van der Waals surface area contributed by atoms with E-state index in [1.54, 1.807) is 6.20 Å². The zero-order valence-corrected chi connectivity index (χ0v) is 9.22. The first-order chi connectivity index (χ1) is 7.86. The van der Waals surface area contributed by atoms with Crippen molar-refractivity contribution in [2.75, 3.05) is 19.6 Å². The van der Waals surface area contributed by atoms with Gasteiger partial charge in [0, 0.05) is 38.6 Å². The van der Waals surface area contributed by atoms with Crippen LogP contribution in [0.4, 0.5) is 0 Å². The molecule has 0 saturated carbocycles. The molecule has 0 radical (unpaired) electrons. The summed E-state index contributed by atoms with van der Waals surface area (Å²) >= 11 is 0. The topological polar surface area (TPSA) is 50.2 Å². The highest BCUT2D eigenvalue weighted by Crippen LogP contribution is 2.20. The molecule has 1 atom stereocenters. The van der Waals surface area contributed by atoms with Crippen molar-refractivity contribution in [3.63, 3.8) is 0 Å². The van der Waals surface area contributed by atoms with Crippen LogP contribution in [0.3, 0.4) is 0 Å². The van der Waals surface area contributed by atoms with E-state index in [-0.39, 0.29) is 11.9 Å². The number of hydrogen-bond donors (Lipinski definition) is 1. The Morgan fingerprint density at radius 2 is 2.19 bits per heavy atom. The smallest absolute Gasteiger partial charge is 0.247 e. The van der Waals surface area contributed by atoms with Crippen LogP contribution in [0.15, 0.2) is 12.4 Å². The van der Waals surface area contributed by atoms with Crippen LogP contribution < -0.4 is 5.32 Å². The van der Waals surface area contributed by atoms with Crippen molar-refractivity contribution in [2.24, 2.45) is 0 Å². The van der Waals surface area contributed by atoms with Gasteiger partial charge in [-0.15, -0.1) is 0 Å². The molecule has 3 rings (SSSR count). The van der Waals surface area contributed by atoms with Crippen molar-refractivity contribution < 1.29 is 4.79 Å². The Kier molecular flexibility index (Phi) is 2.40. The first-order valence-electron chi connectivity index (χ1n) is 5.89. The number of rotatable bonds is 1. The average molecular weight is 220 g/mol. The molecule has 86 valence electrons. The Labute approximate surface area is 94.4 Å². The molecule has 2 aliphatic heterocycles. The Morgan fingerprint density at radius 1 is 1.38 bits per heavy atom. The van der Waals surface area contributed by atoms with Gasteiger partial charge in [0.1, 0.15) is 11.9 Å². The summed E-state index contributed by atoms with van der Waals surface area (Å²) in [5.41, 5.74) is 0. The lowest BCUT2D eigenvalue weighted by molar-refractivity contribution is -0.133. The molecule has 1 saturated heterocycles. The molecule has 0 spiro atoms. The highest BCUT2D eigenvalue weighted by atomic mass is 16.2. The van der Waals surface area contributed by atoms with Crippen LogP contribution >= 0.6 is 0 Å². The minimum Gasteiger partial charge on any atom is -0.341 e. The molecule has 2 aliphatic rings. The number of aromatic nitrogens is 2. The summed E-state index contributed by atoms with van der Waals surface area (Å²) in [6.07, 6.45) is 5.98. The van der Waals surface area contributed by atoms with Crippen molar-refractivity contribution in [3.05, 3.63) is 18.2 Å². The van der Waals surface area contributed by atoms with Crippen LogP contribution in [-0.2, 0) is 11.3 Å². The number of fused-ring (bicyclic) bond motifs is 1. The van der Waals surface area contributed by atoms with Gasteiger partial charge < -0.3 is 9.47 Å². The molecule has 1 unspecified atom stereocenters. The molecule has 1 N–H and O–H groups in total. The summed E-state index contributed by atoms with van der Waals surface area (Å²) in [5.74, 6) is 1.05. The number of imidazole rings is 1. The Balaban J connectivity index is 1.83. The molecule has 1 aromatic rings. The van der Waals surface area contributed by atoms with Gasteiger partial charge in [-0.25, -0.2) is 4.98 Å². The third-order valence-corrected chi connectivity index (χ3v) is 3.37. The van der Waals surface area contributed by atoms with Gasteiger partial charge in [0.2, 0.25) is 5.91 Å². The summed E-state index contributed by atoms with van der Waals surface area (Å²) in [6, 6.07) is -0.234. The summed E-state index contributed by atoms with van der Waals surface area (Å²) in [6.45, 7) is 3.54. The third kappa shape index (κ3) is 1.51. The van der Waals surface area contributed by atoms with E-state index in [2.05, 4.69) is 14.9 Å². The number of nitrogens with one attached hydrogen (secondary N) is 1. The molecular weight excluding hydrogens is 204 g/mol. The fourth-order valence-electron chi connectivity index (χ4n) is 2.51. The summed E-state index contributed by atoms with van der Waals surface area (Å²) < 4.78 is 2.06. The number of carbonyl (C=O) groups is 1. The highest BCUT2D eigenvalue weighted by Gasteiger charge is 2.32. The number of carbonyl (C=O) groups excluding carboxylic acids is 1. The fourth-order valence-corrected chi connectivity index (χ4v) is 2.51. The average Bonchev–Trinajstić information content (AvgIpc) is 2.98. The molecule has 0 bridgehead atoms. The quantitative estimate of drug-likeness (QED) is 0.733. The lowest BCUT2D eigenvalue weighted by Gasteiger charge is -2.27. The Hall–Kier alpha value is -1.36. The van der Waals surface area contributed by atoms with Gasteiger partial charge in [0.15, 0.2) is 0 Å². The molecule has 5 heteroatoms. The highest BCUT2D eigenvalue weighted by molar-refractivity contribution is 5.82. The molecule has 3 heterocycles. The van der Waals surface area contributed by atoms with E-state index in [0.29, 0.717) is 0 Å². The maximum atomic E-state index is 12.3. The maximum Gasteiger partial charge on any atom is 0.247 e. The monoisotopic (exact) mass is 220 g/mol. The summed E-state index contributed by atoms with van der Waals surface area (Å²) in [4.78, 5) is 18.5. The Bertz CT molecular complexity index is 394. The second-order valence-electron chi connectivity index (χ2n) is 4.40. The zero-order valence-electron chi connectivity index (χ0n) is 9.22. The minimum atomic E-state index is -0.234. The lowest BCUT2D eigenvalue weighted by Crippen LogP contribution is -2.44. The normalized spacial score (nSPS) is 24.5. The van der Waals surface area contributed by atoms with Crippen LogP contribution in [0.25, 0.3) is 0 Å². The predicted molar refractivity (Wildman–Crippen MR) is 58.8 cm³/mol. The first kappa shape index (κ1) is 9.84. The van der Waals surface area contributed by atoms with Crippen LogP contribution in [-0.4, -0.2) is 40.0 Å². The second-order valence-corrected chi connectivity index (χ2v) is 4.40. The second kappa shape index (κ2) is 3.90. The van der Waals surface area contributed by atoms with Gasteiger partial charge in [-0.3, -0.25) is 10.1 Å². The van der Waals surface area contributed by atoms with Gasteiger partial charge in [0.05, 0.1) is 0 Å². The van der Waals surface area contributed by atoms with Crippen molar-refractivity contribution in [1.82, 2.24) is 19.8 Å². The van der Waals surface area contributed by atoms with E-state index >= 15 is 0 Å².